The van der Waals surface area contributed by atoms with E-state index in [-0.39, 0.29) is 0 Å². The van der Waals surface area contributed by atoms with Crippen LogP contribution in [-0.2, 0) is 5.75 Å². The Balaban J connectivity index is 1.42. The van der Waals surface area contributed by atoms with Crippen molar-refractivity contribution in [1.29, 1.82) is 0 Å². The highest BCUT2D eigenvalue weighted by Gasteiger charge is 2.06. The molecular formula is C18H17NO2S. The van der Waals surface area contributed by atoms with Gasteiger partial charge in [-0.05, 0) is 12.1 Å². The van der Waals surface area contributed by atoms with Crippen LogP contribution in [0.5, 0.6) is 5.75 Å². The summed E-state index contributed by atoms with van der Waals surface area (Å²) < 4.78 is 11.0. The van der Waals surface area contributed by atoms with Gasteiger partial charge in [-0.25, -0.2) is 0 Å². The summed E-state index contributed by atoms with van der Waals surface area (Å²) in [5, 5.41) is 4.11. The molecule has 3 nitrogen and oxygen atoms in total. The van der Waals surface area contributed by atoms with E-state index in [2.05, 4.69) is 5.16 Å². The van der Waals surface area contributed by atoms with Crippen LogP contribution in [0.3, 0.4) is 0 Å². The van der Waals surface area contributed by atoms with Crippen molar-refractivity contribution in [2.24, 2.45) is 0 Å². The SMILES string of the molecule is c1ccc(OCCSCc2cc(-c3ccccc3)on2)cc1. The molecular weight excluding hydrogens is 294 g/mol. The number of thioether (sulfide) groups is 1. The second-order valence-electron chi connectivity index (χ2n) is 4.76. The van der Waals surface area contributed by atoms with Crippen molar-refractivity contribution in [3.8, 4) is 17.1 Å². The van der Waals surface area contributed by atoms with Crippen molar-refractivity contribution in [2.45, 2.75) is 5.75 Å². The highest BCUT2D eigenvalue weighted by molar-refractivity contribution is 7.98. The molecule has 0 aliphatic carbocycles. The van der Waals surface area contributed by atoms with Gasteiger partial charge in [-0.3, -0.25) is 0 Å². The van der Waals surface area contributed by atoms with Crippen LogP contribution in [0.2, 0.25) is 0 Å². The zero-order valence-electron chi connectivity index (χ0n) is 12.1. The third-order valence-electron chi connectivity index (χ3n) is 3.11. The summed E-state index contributed by atoms with van der Waals surface area (Å²) in [5.74, 6) is 3.48. The van der Waals surface area contributed by atoms with Gasteiger partial charge in [0.2, 0.25) is 0 Å². The maximum Gasteiger partial charge on any atom is 0.167 e. The second kappa shape index (κ2) is 7.71. The van der Waals surface area contributed by atoms with Gasteiger partial charge in [0, 0.05) is 23.1 Å². The average molecular weight is 311 g/mol. The second-order valence-corrected chi connectivity index (χ2v) is 5.87. The summed E-state index contributed by atoms with van der Waals surface area (Å²) >= 11 is 1.79. The first-order valence-electron chi connectivity index (χ1n) is 7.18. The standard InChI is InChI=1S/C18H17NO2S/c1-3-7-15(8-4-1)18-13-16(19-21-18)14-22-12-11-20-17-9-5-2-6-10-17/h1-10,13H,11-12,14H2. The van der Waals surface area contributed by atoms with Crippen molar-refractivity contribution in [3.63, 3.8) is 0 Å². The molecule has 0 saturated heterocycles. The third-order valence-corrected chi connectivity index (χ3v) is 4.06. The Bertz CT molecular complexity index is 683. The number of benzene rings is 2. The first kappa shape index (κ1) is 14.7. The fourth-order valence-corrected chi connectivity index (χ4v) is 2.72. The first-order valence-corrected chi connectivity index (χ1v) is 8.34. The predicted molar refractivity (Wildman–Crippen MR) is 90.0 cm³/mol. The zero-order chi connectivity index (χ0) is 15.0. The van der Waals surface area contributed by atoms with Crippen LogP contribution in [-0.4, -0.2) is 17.5 Å². The Morgan fingerprint density at radius 2 is 1.68 bits per heavy atom. The number of ether oxygens (including phenoxy) is 1. The van der Waals surface area contributed by atoms with Crippen LogP contribution >= 0.6 is 11.8 Å². The van der Waals surface area contributed by atoms with Crippen molar-refractivity contribution in [3.05, 3.63) is 72.4 Å². The molecule has 0 spiro atoms. The number of nitrogens with zero attached hydrogens (tertiary/aromatic N) is 1. The Morgan fingerprint density at radius 1 is 0.955 bits per heavy atom. The summed E-state index contributed by atoms with van der Waals surface area (Å²) in [4.78, 5) is 0. The van der Waals surface area contributed by atoms with E-state index < -0.39 is 0 Å². The van der Waals surface area contributed by atoms with Gasteiger partial charge in [0.05, 0.1) is 12.3 Å². The number of para-hydroxylation sites is 1. The van der Waals surface area contributed by atoms with Gasteiger partial charge in [-0.2, -0.15) is 11.8 Å². The minimum absolute atomic E-state index is 0.693. The third kappa shape index (κ3) is 4.15. The van der Waals surface area contributed by atoms with Gasteiger partial charge >= 0.3 is 0 Å². The minimum atomic E-state index is 0.693. The van der Waals surface area contributed by atoms with Gasteiger partial charge in [-0.1, -0.05) is 53.7 Å². The molecule has 112 valence electrons. The average Bonchev–Trinajstić information content (AvgIpc) is 3.05. The molecule has 1 heterocycles. The van der Waals surface area contributed by atoms with Crippen molar-refractivity contribution in [2.75, 3.05) is 12.4 Å². The molecule has 0 saturated carbocycles. The van der Waals surface area contributed by atoms with Gasteiger partial charge in [0.25, 0.3) is 0 Å². The summed E-state index contributed by atoms with van der Waals surface area (Å²) in [7, 11) is 0. The number of aromatic nitrogens is 1. The zero-order valence-corrected chi connectivity index (χ0v) is 13.0. The highest BCUT2D eigenvalue weighted by Crippen LogP contribution is 2.22. The molecule has 0 aliphatic rings. The molecule has 0 aliphatic heterocycles. The van der Waals surface area contributed by atoms with E-state index in [9.17, 15) is 0 Å². The molecule has 0 atom stereocenters. The molecule has 4 heteroatoms. The van der Waals surface area contributed by atoms with Crippen LogP contribution in [0.4, 0.5) is 0 Å². The Labute approximate surface area is 134 Å². The van der Waals surface area contributed by atoms with Crippen LogP contribution in [0.1, 0.15) is 5.69 Å². The lowest BCUT2D eigenvalue weighted by atomic mass is 10.2. The number of rotatable bonds is 7. The normalized spacial score (nSPS) is 10.5. The topological polar surface area (TPSA) is 35.3 Å². The summed E-state index contributed by atoms with van der Waals surface area (Å²) in [5.41, 5.74) is 2.02. The van der Waals surface area contributed by atoms with Crippen LogP contribution in [0.15, 0.2) is 71.3 Å². The fraction of sp³-hybridized carbons (Fsp3) is 0.167. The lowest BCUT2D eigenvalue weighted by Crippen LogP contribution is -2.00. The highest BCUT2D eigenvalue weighted by atomic mass is 32.2. The van der Waals surface area contributed by atoms with E-state index in [1.165, 1.54) is 0 Å². The number of hydrogen-bond donors (Lipinski definition) is 0. The van der Waals surface area contributed by atoms with Gasteiger partial charge in [0.15, 0.2) is 5.76 Å². The van der Waals surface area contributed by atoms with Crippen LogP contribution in [0.25, 0.3) is 11.3 Å². The van der Waals surface area contributed by atoms with Gasteiger partial charge in [-0.15, -0.1) is 0 Å². The molecule has 22 heavy (non-hydrogen) atoms. The van der Waals surface area contributed by atoms with E-state index in [1.807, 2.05) is 66.7 Å². The molecule has 3 rings (SSSR count). The van der Waals surface area contributed by atoms with E-state index in [0.717, 1.165) is 34.3 Å². The largest absolute Gasteiger partial charge is 0.493 e. The van der Waals surface area contributed by atoms with Gasteiger partial charge in [0.1, 0.15) is 5.75 Å². The first-order chi connectivity index (χ1) is 10.9. The Hall–Kier alpha value is -2.20. The molecule has 2 aromatic carbocycles. The molecule has 0 radical (unpaired) electrons. The predicted octanol–water partition coefficient (Wildman–Crippen LogP) is 4.65. The van der Waals surface area contributed by atoms with E-state index in [0.29, 0.717) is 6.61 Å². The Morgan fingerprint density at radius 3 is 2.45 bits per heavy atom. The van der Waals surface area contributed by atoms with E-state index in [1.54, 1.807) is 11.8 Å². The molecule has 0 fully saturated rings. The minimum Gasteiger partial charge on any atom is -0.493 e. The van der Waals surface area contributed by atoms with Crippen molar-refractivity contribution in [1.82, 2.24) is 5.16 Å². The summed E-state index contributed by atoms with van der Waals surface area (Å²) in [6.07, 6.45) is 0. The van der Waals surface area contributed by atoms with Crippen molar-refractivity contribution < 1.29 is 9.26 Å². The monoisotopic (exact) mass is 311 g/mol. The molecule has 0 amide bonds. The summed E-state index contributed by atoms with van der Waals surface area (Å²) in [6.45, 7) is 0.693. The molecule has 0 N–H and O–H groups in total. The molecule has 0 unspecified atom stereocenters. The Kier molecular flexibility index (Phi) is 5.16. The quantitative estimate of drug-likeness (QED) is 0.595. The van der Waals surface area contributed by atoms with E-state index >= 15 is 0 Å². The van der Waals surface area contributed by atoms with Crippen LogP contribution < -0.4 is 4.74 Å². The maximum absolute atomic E-state index is 5.65. The smallest absolute Gasteiger partial charge is 0.167 e. The summed E-state index contributed by atoms with van der Waals surface area (Å²) in [6, 6.07) is 21.9. The molecule has 1 aromatic heterocycles. The molecule has 0 bridgehead atoms. The van der Waals surface area contributed by atoms with Crippen LogP contribution in [0, 0.1) is 0 Å². The van der Waals surface area contributed by atoms with Crippen molar-refractivity contribution >= 4 is 11.8 Å². The molecule has 3 aromatic rings. The fourth-order valence-electron chi connectivity index (χ4n) is 2.03. The van der Waals surface area contributed by atoms with Gasteiger partial charge < -0.3 is 9.26 Å². The lowest BCUT2D eigenvalue weighted by molar-refractivity contribution is 0.344. The number of hydrogen-bond acceptors (Lipinski definition) is 4. The lowest BCUT2D eigenvalue weighted by Gasteiger charge is -2.04. The maximum atomic E-state index is 5.65. The van der Waals surface area contributed by atoms with E-state index in [4.69, 9.17) is 9.26 Å².